The van der Waals surface area contributed by atoms with Crippen molar-refractivity contribution in [3.8, 4) is 0 Å². The number of nitrogens with one attached hydrogen (secondary N) is 1. The normalized spacial score (nSPS) is 16.6. The summed E-state index contributed by atoms with van der Waals surface area (Å²) < 4.78 is 28.0. The van der Waals surface area contributed by atoms with Crippen LogP contribution in [0.25, 0.3) is 0 Å². The number of hydrogen-bond donors (Lipinski definition) is 1. The fourth-order valence-electron chi connectivity index (χ4n) is 2.95. The maximum atomic E-state index is 12.3. The first-order valence-electron chi connectivity index (χ1n) is 8.55. The number of fused-ring (bicyclic) bond motifs is 1. The topological polar surface area (TPSA) is 81.1 Å². The first-order chi connectivity index (χ1) is 10.9. The number of aromatic nitrogens is 2. The lowest BCUT2D eigenvalue weighted by molar-refractivity contribution is 0.441. The van der Waals surface area contributed by atoms with Crippen LogP contribution in [-0.2, 0) is 29.4 Å². The molecule has 1 aromatic rings. The number of nitrogens with zero attached hydrogens (tertiary/aromatic N) is 2. The highest BCUT2D eigenvalue weighted by molar-refractivity contribution is 7.89. The molecule has 0 unspecified atom stereocenters. The molecule has 1 N–H and O–H groups in total. The highest BCUT2D eigenvalue weighted by atomic mass is 32.2. The van der Waals surface area contributed by atoms with Gasteiger partial charge in [0.25, 0.3) is 5.56 Å². The summed E-state index contributed by atoms with van der Waals surface area (Å²) in [5.41, 5.74) is 1.91. The van der Waals surface area contributed by atoms with Crippen molar-refractivity contribution in [3.05, 3.63) is 27.7 Å². The Bertz CT molecular complexity index is 682. The predicted octanol–water partition coefficient (Wildman–Crippen LogP) is 1.62. The molecule has 0 spiro atoms. The third kappa shape index (κ3) is 5.14. The van der Waals surface area contributed by atoms with Gasteiger partial charge in [-0.15, -0.1) is 0 Å². The lowest BCUT2D eigenvalue weighted by Crippen LogP contribution is -2.41. The minimum Gasteiger partial charge on any atom is -0.268 e. The largest absolute Gasteiger partial charge is 0.268 e. The van der Waals surface area contributed by atoms with Gasteiger partial charge in [0.05, 0.1) is 18.0 Å². The molecule has 0 amide bonds. The van der Waals surface area contributed by atoms with Crippen LogP contribution in [0.3, 0.4) is 0 Å². The molecule has 0 fully saturated rings. The van der Waals surface area contributed by atoms with Gasteiger partial charge in [-0.25, -0.2) is 17.8 Å². The number of hydrogen-bond acceptors (Lipinski definition) is 4. The van der Waals surface area contributed by atoms with Gasteiger partial charge >= 0.3 is 0 Å². The Kier molecular flexibility index (Phi) is 6.35. The zero-order valence-electron chi connectivity index (χ0n) is 14.0. The SMILES string of the molecule is CCCS(=O)(=O)N[C@@H](CC)Cn1nc2c(cc1=O)CCCCC2. The van der Waals surface area contributed by atoms with Crippen LogP contribution < -0.4 is 10.3 Å². The number of sulfonamides is 1. The summed E-state index contributed by atoms with van der Waals surface area (Å²) >= 11 is 0. The smallest absolute Gasteiger partial charge is 0.267 e. The molecule has 0 aliphatic heterocycles. The van der Waals surface area contributed by atoms with Crippen molar-refractivity contribution in [1.82, 2.24) is 14.5 Å². The van der Waals surface area contributed by atoms with E-state index in [1.165, 1.54) is 11.1 Å². The quantitative estimate of drug-likeness (QED) is 0.764. The summed E-state index contributed by atoms with van der Waals surface area (Å²) in [6, 6.07) is 1.38. The minimum atomic E-state index is -3.29. The van der Waals surface area contributed by atoms with Crippen molar-refractivity contribution in [2.24, 2.45) is 0 Å². The van der Waals surface area contributed by atoms with Gasteiger partial charge in [0.1, 0.15) is 0 Å². The Morgan fingerprint density at radius 3 is 2.70 bits per heavy atom. The molecule has 0 bridgehead atoms. The Labute approximate surface area is 138 Å². The first-order valence-corrected chi connectivity index (χ1v) is 10.2. The minimum absolute atomic E-state index is 0.107. The zero-order chi connectivity index (χ0) is 16.9. The van der Waals surface area contributed by atoms with Crippen molar-refractivity contribution < 1.29 is 8.42 Å². The molecule has 7 heteroatoms. The summed E-state index contributed by atoms with van der Waals surface area (Å²) in [6.07, 6.45) is 6.37. The fourth-order valence-corrected chi connectivity index (χ4v) is 4.35. The van der Waals surface area contributed by atoms with Crippen LogP contribution in [0.15, 0.2) is 10.9 Å². The fraction of sp³-hybridized carbons (Fsp3) is 0.750. The van der Waals surface area contributed by atoms with Crippen LogP contribution >= 0.6 is 0 Å². The van der Waals surface area contributed by atoms with Gasteiger partial charge < -0.3 is 0 Å². The van der Waals surface area contributed by atoms with Gasteiger partial charge in [-0.1, -0.05) is 20.3 Å². The van der Waals surface area contributed by atoms with Crippen LogP contribution in [0.1, 0.15) is 57.2 Å². The Balaban J connectivity index is 2.17. The Morgan fingerprint density at radius 2 is 2.00 bits per heavy atom. The van der Waals surface area contributed by atoms with Crippen molar-refractivity contribution in [3.63, 3.8) is 0 Å². The average molecular weight is 341 g/mol. The molecule has 2 rings (SSSR count). The molecule has 1 aliphatic carbocycles. The molecule has 0 radical (unpaired) electrons. The molecule has 1 atom stereocenters. The third-order valence-corrected chi connectivity index (χ3v) is 5.87. The van der Waals surface area contributed by atoms with Crippen LogP contribution in [0.2, 0.25) is 0 Å². The van der Waals surface area contributed by atoms with Crippen LogP contribution in [-0.4, -0.2) is 30.0 Å². The highest BCUT2D eigenvalue weighted by Gasteiger charge is 2.18. The van der Waals surface area contributed by atoms with E-state index >= 15 is 0 Å². The summed E-state index contributed by atoms with van der Waals surface area (Å²) in [7, 11) is -3.29. The van der Waals surface area contributed by atoms with E-state index in [1.807, 2.05) is 13.8 Å². The number of rotatable bonds is 7. The second-order valence-electron chi connectivity index (χ2n) is 6.24. The average Bonchev–Trinajstić information content (AvgIpc) is 2.71. The molecule has 1 aromatic heterocycles. The molecule has 1 heterocycles. The molecular weight excluding hydrogens is 314 g/mol. The van der Waals surface area contributed by atoms with E-state index in [2.05, 4.69) is 9.82 Å². The van der Waals surface area contributed by atoms with Crippen molar-refractivity contribution >= 4 is 10.0 Å². The van der Waals surface area contributed by atoms with Gasteiger partial charge in [-0.3, -0.25) is 4.79 Å². The van der Waals surface area contributed by atoms with Gasteiger partial charge in [0, 0.05) is 12.1 Å². The van der Waals surface area contributed by atoms with E-state index in [9.17, 15) is 13.2 Å². The van der Waals surface area contributed by atoms with Crippen LogP contribution in [0, 0.1) is 0 Å². The van der Waals surface area contributed by atoms with Gasteiger partial charge in [-0.05, 0) is 44.1 Å². The second-order valence-corrected chi connectivity index (χ2v) is 8.11. The van der Waals surface area contributed by atoms with Crippen LogP contribution in [0.4, 0.5) is 0 Å². The Morgan fingerprint density at radius 1 is 1.26 bits per heavy atom. The third-order valence-electron chi connectivity index (χ3n) is 4.23. The summed E-state index contributed by atoms with van der Waals surface area (Å²) in [4.78, 5) is 12.3. The van der Waals surface area contributed by atoms with E-state index in [0.717, 1.165) is 36.9 Å². The van der Waals surface area contributed by atoms with E-state index in [-0.39, 0.29) is 23.9 Å². The monoisotopic (exact) mass is 341 g/mol. The maximum Gasteiger partial charge on any atom is 0.267 e. The van der Waals surface area contributed by atoms with Crippen molar-refractivity contribution in [1.29, 1.82) is 0 Å². The van der Waals surface area contributed by atoms with E-state index in [0.29, 0.717) is 12.8 Å². The van der Waals surface area contributed by atoms with Gasteiger partial charge in [0.15, 0.2) is 0 Å². The summed E-state index contributed by atoms with van der Waals surface area (Å²) in [5.74, 6) is 0.107. The van der Waals surface area contributed by atoms with E-state index < -0.39 is 10.0 Å². The maximum absolute atomic E-state index is 12.3. The van der Waals surface area contributed by atoms with Crippen molar-refractivity contribution in [2.45, 2.75) is 71.4 Å². The molecule has 130 valence electrons. The summed E-state index contributed by atoms with van der Waals surface area (Å²) in [5, 5.41) is 4.51. The molecular formula is C16H27N3O3S. The standard InChI is InChI=1S/C16H27N3O3S/c1-3-10-23(21,22)18-14(4-2)12-19-16(20)11-13-8-6-5-7-9-15(13)17-19/h11,14,18H,3-10,12H2,1-2H3/t14-/m0/s1. The summed E-state index contributed by atoms with van der Waals surface area (Å²) in [6.45, 7) is 4.03. The van der Waals surface area contributed by atoms with Gasteiger partial charge in [-0.2, -0.15) is 5.10 Å². The molecule has 0 saturated carbocycles. The van der Waals surface area contributed by atoms with Gasteiger partial charge in [0.2, 0.25) is 10.0 Å². The Hall–Kier alpha value is -1.21. The first kappa shape index (κ1) is 18.1. The molecule has 1 aliphatic rings. The highest BCUT2D eigenvalue weighted by Crippen LogP contribution is 2.17. The molecule has 0 aromatic carbocycles. The van der Waals surface area contributed by atoms with E-state index in [4.69, 9.17) is 0 Å². The number of aryl methyl sites for hydroxylation is 2. The molecule has 0 saturated heterocycles. The van der Waals surface area contributed by atoms with E-state index in [1.54, 1.807) is 6.07 Å². The second kappa shape index (κ2) is 8.06. The predicted molar refractivity (Wildman–Crippen MR) is 91.0 cm³/mol. The lowest BCUT2D eigenvalue weighted by Gasteiger charge is -2.18. The molecule has 6 nitrogen and oxygen atoms in total. The van der Waals surface area contributed by atoms with Crippen molar-refractivity contribution in [2.75, 3.05) is 5.75 Å². The lowest BCUT2D eigenvalue weighted by atomic mass is 10.1. The zero-order valence-corrected chi connectivity index (χ0v) is 14.9. The molecule has 23 heavy (non-hydrogen) atoms. The van der Waals surface area contributed by atoms with Crippen LogP contribution in [0.5, 0.6) is 0 Å².